The van der Waals surface area contributed by atoms with E-state index in [4.69, 9.17) is 4.42 Å². The Bertz CT molecular complexity index is 1430. The van der Waals surface area contributed by atoms with Crippen LogP contribution in [0.3, 0.4) is 0 Å². The number of aromatic amines is 1. The van der Waals surface area contributed by atoms with E-state index in [1.165, 1.54) is 18.4 Å². The summed E-state index contributed by atoms with van der Waals surface area (Å²) in [5.41, 5.74) is -1.25. The van der Waals surface area contributed by atoms with Crippen molar-refractivity contribution in [3.8, 4) is 0 Å². The number of aryl methyl sites for hydroxylation is 1. The molecule has 2 amide bonds. The molecule has 0 atom stereocenters. The fraction of sp³-hybridized carbons (Fsp3) is 0.167. The maximum atomic E-state index is 13.6. The summed E-state index contributed by atoms with van der Waals surface area (Å²) in [5, 5.41) is 5.08. The molecule has 180 valence electrons. The number of rotatable bonds is 7. The van der Waals surface area contributed by atoms with Crippen molar-refractivity contribution in [1.82, 2.24) is 9.97 Å². The molecule has 4 aromatic rings. The minimum absolute atomic E-state index is 0.0899. The third kappa shape index (κ3) is 5.75. The summed E-state index contributed by atoms with van der Waals surface area (Å²) in [4.78, 5) is 43.5. The van der Waals surface area contributed by atoms with Gasteiger partial charge in [-0.15, -0.1) is 0 Å². The van der Waals surface area contributed by atoms with Gasteiger partial charge in [0, 0.05) is 18.5 Å². The Morgan fingerprint density at radius 1 is 1.06 bits per heavy atom. The molecule has 0 radical (unpaired) electrons. The second-order valence-corrected chi connectivity index (χ2v) is 7.66. The first-order valence-electron chi connectivity index (χ1n) is 10.5. The number of halogens is 3. The first-order valence-corrected chi connectivity index (χ1v) is 10.5. The van der Waals surface area contributed by atoms with Gasteiger partial charge in [-0.2, -0.15) is 13.2 Å². The quantitative estimate of drug-likeness (QED) is 0.350. The van der Waals surface area contributed by atoms with Crippen LogP contribution in [0.15, 0.2) is 70.3 Å². The van der Waals surface area contributed by atoms with Crippen molar-refractivity contribution >= 4 is 34.1 Å². The molecular weight excluding hydrogens is 465 g/mol. The standard InChI is InChI=1S/C24H19F3N4O4/c25-24(26,27)17-12-15(28-22(33)14-10-11-35-13-14)8-9-19(17)30-21(32)7-3-6-20-29-18-5-2-1-4-16(18)23(34)31-20/h1-2,4-5,8-13H,3,6-7H2,(H,28,33)(H,30,32)(H,29,31,34). The van der Waals surface area contributed by atoms with Crippen molar-refractivity contribution in [2.45, 2.75) is 25.4 Å². The van der Waals surface area contributed by atoms with Crippen LogP contribution in [-0.4, -0.2) is 21.8 Å². The van der Waals surface area contributed by atoms with Crippen molar-refractivity contribution in [2.24, 2.45) is 0 Å². The monoisotopic (exact) mass is 484 g/mol. The van der Waals surface area contributed by atoms with Crippen LogP contribution in [0.25, 0.3) is 10.9 Å². The molecule has 0 aliphatic heterocycles. The molecule has 2 aromatic heterocycles. The van der Waals surface area contributed by atoms with Gasteiger partial charge < -0.3 is 20.0 Å². The Balaban J connectivity index is 1.41. The van der Waals surface area contributed by atoms with E-state index in [1.54, 1.807) is 24.3 Å². The summed E-state index contributed by atoms with van der Waals surface area (Å²) in [5.74, 6) is -0.881. The Morgan fingerprint density at radius 3 is 2.60 bits per heavy atom. The van der Waals surface area contributed by atoms with E-state index in [0.717, 1.165) is 18.4 Å². The predicted molar refractivity (Wildman–Crippen MR) is 122 cm³/mol. The molecule has 0 saturated heterocycles. The van der Waals surface area contributed by atoms with Gasteiger partial charge in [0.2, 0.25) is 5.91 Å². The van der Waals surface area contributed by atoms with E-state index in [9.17, 15) is 27.6 Å². The Kier molecular flexibility index (Phi) is 6.67. The van der Waals surface area contributed by atoms with Crippen LogP contribution in [0.1, 0.15) is 34.6 Å². The lowest BCUT2D eigenvalue weighted by Crippen LogP contribution is -2.18. The van der Waals surface area contributed by atoms with Gasteiger partial charge >= 0.3 is 6.18 Å². The van der Waals surface area contributed by atoms with Crippen LogP contribution in [-0.2, 0) is 17.4 Å². The molecule has 0 fully saturated rings. The highest BCUT2D eigenvalue weighted by Gasteiger charge is 2.34. The number of alkyl halides is 3. The second-order valence-electron chi connectivity index (χ2n) is 7.66. The van der Waals surface area contributed by atoms with Crippen molar-refractivity contribution in [2.75, 3.05) is 10.6 Å². The molecule has 4 rings (SSSR count). The summed E-state index contributed by atoms with van der Waals surface area (Å²) in [6.45, 7) is 0. The zero-order chi connectivity index (χ0) is 25.0. The molecule has 35 heavy (non-hydrogen) atoms. The number of anilines is 2. The summed E-state index contributed by atoms with van der Waals surface area (Å²) in [6, 6.07) is 11.3. The van der Waals surface area contributed by atoms with E-state index in [-0.39, 0.29) is 36.1 Å². The van der Waals surface area contributed by atoms with E-state index >= 15 is 0 Å². The van der Waals surface area contributed by atoms with Crippen molar-refractivity contribution in [3.05, 3.63) is 88.4 Å². The zero-order valence-corrected chi connectivity index (χ0v) is 18.1. The number of fused-ring (bicyclic) bond motifs is 1. The Morgan fingerprint density at radius 2 is 1.86 bits per heavy atom. The lowest BCUT2D eigenvalue weighted by Gasteiger charge is -2.16. The second kappa shape index (κ2) is 9.84. The summed E-state index contributed by atoms with van der Waals surface area (Å²) < 4.78 is 45.6. The fourth-order valence-corrected chi connectivity index (χ4v) is 3.44. The molecule has 0 aliphatic carbocycles. The number of benzene rings is 2. The van der Waals surface area contributed by atoms with Gasteiger partial charge in [0.1, 0.15) is 12.1 Å². The number of para-hydroxylation sites is 1. The predicted octanol–water partition coefficient (Wildman–Crippen LogP) is 4.75. The van der Waals surface area contributed by atoms with Crippen LogP contribution in [0.2, 0.25) is 0 Å². The number of nitrogens with one attached hydrogen (secondary N) is 3. The maximum Gasteiger partial charge on any atom is 0.418 e. The summed E-state index contributed by atoms with van der Waals surface area (Å²) >= 11 is 0. The highest BCUT2D eigenvalue weighted by molar-refractivity contribution is 6.04. The molecule has 0 unspecified atom stereocenters. The van der Waals surface area contributed by atoms with Crippen LogP contribution < -0.4 is 16.2 Å². The van der Waals surface area contributed by atoms with Crippen molar-refractivity contribution in [3.63, 3.8) is 0 Å². The van der Waals surface area contributed by atoms with E-state index in [0.29, 0.717) is 16.7 Å². The zero-order valence-electron chi connectivity index (χ0n) is 18.1. The van der Waals surface area contributed by atoms with Gasteiger partial charge in [0.05, 0.1) is 34.0 Å². The number of H-pyrrole nitrogens is 1. The molecule has 0 aliphatic rings. The molecule has 8 nitrogen and oxygen atoms in total. The molecule has 11 heteroatoms. The topological polar surface area (TPSA) is 117 Å². The minimum atomic E-state index is -4.77. The smallest absolute Gasteiger partial charge is 0.418 e. The molecular formula is C24H19F3N4O4. The maximum absolute atomic E-state index is 13.6. The first kappa shape index (κ1) is 23.7. The molecule has 3 N–H and O–H groups in total. The number of aromatic nitrogens is 2. The molecule has 0 saturated carbocycles. The Hall–Kier alpha value is -4.41. The lowest BCUT2D eigenvalue weighted by atomic mass is 10.1. The normalized spacial score (nSPS) is 11.4. The number of carbonyl (C=O) groups is 2. The molecule has 0 spiro atoms. The van der Waals surface area contributed by atoms with Gasteiger partial charge in [-0.25, -0.2) is 4.98 Å². The lowest BCUT2D eigenvalue weighted by molar-refractivity contribution is -0.136. The largest absolute Gasteiger partial charge is 0.472 e. The highest BCUT2D eigenvalue weighted by Crippen LogP contribution is 2.36. The first-order chi connectivity index (χ1) is 16.7. The van der Waals surface area contributed by atoms with E-state index in [2.05, 4.69) is 20.6 Å². The molecule has 2 aromatic carbocycles. The van der Waals surface area contributed by atoms with Crippen LogP contribution in [0, 0.1) is 0 Å². The summed E-state index contributed by atoms with van der Waals surface area (Å²) in [7, 11) is 0. The van der Waals surface area contributed by atoms with Gasteiger partial charge in [-0.1, -0.05) is 12.1 Å². The molecule has 0 bridgehead atoms. The van der Waals surface area contributed by atoms with Gasteiger partial charge in [0.25, 0.3) is 11.5 Å². The number of nitrogens with zero attached hydrogens (tertiary/aromatic N) is 1. The van der Waals surface area contributed by atoms with Crippen LogP contribution in [0.4, 0.5) is 24.5 Å². The van der Waals surface area contributed by atoms with Crippen molar-refractivity contribution in [1.29, 1.82) is 0 Å². The number of carbonyl (C=O) groups excluding carboxylic acids is 2. The number of amides is 2. The molecule has 2 heterocycles. The van der Waals surface area contributed by atoms with E-state index in [1.807, 2.05) is 0 Å². The number of furan rings is 1. The Labute approximate surface area is 196 Å². The van der Waals surface area contributed by atoms with Crippen molar-refractivity contribution < 1.29 is 27.2 Å². The number of hydrogen-bond acceptors (Lipinski definition) is 5. The highest BCUT2D eigenvalue weighted by atomic mass is 19.4. The average Bonchev–Trinajstić information content (AvgIpc) is 3.35. The third-order valence-electron chi connectivity index (χ3n) is 5.12. The van der Waals surface area contributed by atoms with Gasteiger partial charge in [-0.05, 0) is 42.8 Å². The summed E-state index contributed by atoms with van der Waals surface area (Å²) in [6.07, 6.45) is -1.91. The third-order valence-corrected chi connectivity index (χ3v) is 5.12. The number of hydrogen-bond donors (Lipinski definition) is 3. The van der Waals surface area contributed by atoms with Gasteiger partial charge in [0.15, 0.2) is 0 Å². The SMILES string of the molecule is O=C(CCCc1nc2ccccc2c(=O)[nH]1)Nc1ccc(NC(=O)c2ccoc2)cc1C(F)(F)F. The van der Waals surface area contributed by atoms with Crippen LogP contribution in [0.5, 0.6) is 0 Å². The van der Waals surface area contributed by atoms with E-state index < -0.39 is 29.2 Å². The minimum Gasteiger partial charge on any atom is -0.472 e. The van der Waals surface area contributed by atoms with Gasteiger partial charge in [-0.3, -0.25) is 14.4 Å². The fourth-order valence-electron chi connectivity index (χ4n) is 3.44. The average molecular weight is 484 g/mol. The van der Waals surface area contributed by atoms with Crippen LogP contribution >= 0.6 is 0 Å².